The number of pyridine rings is 1. The maximum Gasteiger partial charge on any atom is 0.433 e. The number of amides is 1. The molecule has 0 radical (unpaired) electrons. The van der Waals surface area contributed by atoms with Crippen molar-refractivity contribution in [2.75, 3.05) is 0 Å². The number of carbonyl (C=O) groups excluding carboxylic acids is 2. The summed E-state index contributed by atoms with van der Waals surface area (Å²) in [6.45, 7) is 3.63. The number of nitrogens with one attached hydrogen (secondary N) is 1. The number of rotatable bonds is 7. The van der Waals surface area contributed by atoms with Gasteiger partial charge in [-0.15, -0.1) is 0 Å². The molecule has 1 amide bonds. The van der Waals surface area contributed by atoms with Crippen molar-refractivity contribution in [2.24, 2.45) is 5.92 Å². The average Bonchev–Trinajstić information content (AvgIpc) is 3.19. The first-order chi connectivity index (χ1) is 17.3. The fourth-order valence-corrected chi connectivity index (χ4v) is 4.96. The first-order valence-electron chi connectivity index (χ1n) is 12.0. The molecule has 0 spiro atoms. The van der Waals surface area contributed by atoms with Crippen molar-refractivity contribution >= 4 is 34.2 Å². The van der Waals surface area contributed by atoms with E-state index in [9.17, 15) is 27.9 Å². The summed E-state index contributed by atoms with van der Waals surface area (Å²) in [7, 11) is 0. The predicted molar refractivity (Wildman–Crippen MR) is 132 cm³/mol. The summed E-state index contributed by atoms with van der Waals surface area (Å²) in [6, 6.07) is 6.43. The number of benzene rings is 1. The van der Waals surface area contributed by atoms with Crippen LogP contribution < -0.4 is 5.32 Å². The van der Waals surface area contributed by atoms with Gasteiger partial charge in [-0.25, -0.2) is 4.98 Å². The molecule has 0 bridgehead atoms. The fraction of sp³-hybridized carbons (Fsp3) is 0.462. The summed E-state index contributed by atoms with van der Waals surface area (Å²) in [5.74, 6) is -0.567. The Morgan fingerprint density at radius 2 is 1.86 bits per heavy atom. The van der Waals surface area contributed by atoms with Gasteiger partial charge < -0.3 is 10.4 Å². The van der Waals surface area contributed by atoms with E-state index in [0.29, 0.717) is 16.5 Å². The quantitative estimate of drug-likeness (QED) is 0.415. The Hall–Kier alpha value is -2.98. The molecule has 0 unspecified atom stereocenters. The van der Waals surface area contributed by atoms with Crippen LogP contribution in [0.25, 0.3) is 10.9 Å². The minimum Gasteiger partial charge on any atom is -0.390 e. The van der Waals surface area contributed by atoms with Gasteiger partial charge in [0.15, 0.2) is 5.78 Å². The molecule has 0 saturated heterocycles. The van der Waals surface area contributed by atoms with E-state index in [1.807, 2.05) is 13.8 Å². The molecule has 1 saturated carbocycles. The van der Waals surface area contributed by atoms with Gasteiger partial charge in [-0.05, 0) is 75.3 Å². The molecule has 0 aliphatic heterocycles. The molecule has 2 N–H and O–H groups in total. The van der Waals surface area contributed by atoms with Crippen LogP contribution in [0.2, 0.25) is 5.02 Å². The van der Waals surface area contributed by atoms with Gasteiger partial charge in [0.05, 0.1) is 11.1 Å². The van der Waals surface area contributed by atoms with Crippen LogP contribution in [-0.2, 0) is 23.9 Å². The third-order valence-corrected chi connectivity index (χ3v) is 7.15. The Morgan fingerprint density at radius 1 is 1.16 bits per heavy atom. The molecule has 4 rings (SSSR count). The smallest absolute Gasteiger partial charge is 0.390 e. The van der Waals surface area contributed by atoms with Gasteiger partial charge in [0.25, 0.3) is 0 Å². The summed E-state index contributed by atoms with van der Waals surface area (Å²) in [4.78, 5) is 28.7. The van der Waals surface area contributed by atoms with Crippen molar-refractivity contribution in [3.8, 4) is 0 Å². The highest BCUT2D eigenvalue weighted by atomic mass is 35.5. The highest BCUT2D eigenvalue weighted by molar-refractivity contribution is 6.32. The molecular formula is C26H28ClF3N4O3. The van der Waals surface area contributed by atoms with Gasteiger partial charge >= 0.3 is 6.18 Å². The Kier molecular flexibility index (Phi) is 7.62. The van der Waals surface area contributed by atoms with Gasteiger partial charge in [0.2, 0.25) is 5.91 Å². The molecule has 1 aromatic carbocycles. The second-order valence-electron chi connectivity index (χ2n) is 10.1. The number of carbonyl (C=O) groups is 2. The lowest BCUT2D eigenvalue weighted by atomic mass is 9.77. The molecule has 2 heterocycles. The lowest BCUT2D eigenvalue weighted by molar-refractivity contribution is -0.141. The van der Waals surface area contributed by atoms with E-state index in [2.05, 4.69) is 15.4 Å². The topological polar surface area (TPSA) is 97.1 Å². The van der Waals surface area contributed by atoms with Crippen LogP contribution in [0.4, 0.5) is 13.2 Å². The van der Waals surface area contributed by atoms with Gasteiger partial charge in [-0.3, -0.25) is 14.3 Å². The Balaban J connectivity index is 1.40. The lowest BCUT2D eigenvalue weighted by Crippen LogP contribution is -2.42. The number of nitrogens with zero attached hydrogens (tertiary/aromatic N) is 3. The third-order valence-electron chi connectivity index (χ3n) is 6.79. The highest BCUT2D eigenvalue weighted by Gasteiger charge is 2.33. The van der Waals surface area contributed by atoms with E-state index >= 15 is 0 Å². The molecule has 11 heteroatoms. The molecule has 1 fully saturated rings. The minimum atomic E-state index is -4.65. The number of ketones is 1. The fourth-order valence-electron chi connectivity index (χ4n) is 4.74. The summed E-state index contributed by atoms with van der Waals surface area (Å²) in [5.41, 5.74) is -1.21. The standard InChI is InChI=1S/C26H28ClF3N4O3/c1-25(2,37)17-6-8-18(9-7-17)31-24(36)14-34-13-16-10-15(19(27)12-21(16)33-34)11-22(35)20-4-3-5-23(32-20)26(28,29)30/h3-5,10,12-13,17-18,37H,6-9,11,14H2,1-2H3,(H,31,36). The molecule has 198 valence electrons. The van der Waals surface area contributed by atoms with Crippen molar-refractivity contribution in [3.05, 3.63) is 58.5 Å². The number of alkyl halides is 3. The second kappa shape index (κ2) is 10.4. The summed E-state index contributed by atoms with van der Waals surface area (Å²) in [6.07, 6.45) is 0.0646. The van der Waals surface area contributed by atoms with Crippen LogP contribution in [0.5, 0.6) is 0 Å². The monoisotopic (exact) mass is 536 g/mol. The largest absolute Gasteiger partial charge is 0.433 e. The summed E-state index contributed by atoms with van der Waals surface area (Å²) >= 11 is 6.33. The molecular weight excluding hydrogens is 509 g/mol. The van der Waals surface area contributed by atoms with E-state index in [-0.39, 0.29) is 41.5 Å². The van der Waals surface area contributed by atoms with Crippen molar-refractivity contribution < 1.29 is 27.9 Å². The molecule has 3 aromatic rings. The van der Waals surface area contributed by atoms with E-state index in [1.165, 1.54) is 10.7 Å². The van der Waals surface area contributed by atoms with E-state index in [1.54, 1.807) is 18.3 Å². The number of aromatic nitrogens is 3. The molecule has 1 aliphatic rings. The first-order valence-corrected chi connectivity index (χ1v) is 12.4. The van der Waals surface area contributed by atoms with Crippen LogP contribution in [-0.4, -0.2) is 43.2 Å². The molecule has 2 aromatic heterocycles. The zero-order chi connectivity index (χ0) is 27.0. The second-order valence-corrected chi connectivity index (χ2v) is 10.5. The zero-order valence-electron chi connectivity index (χ0n) is 20.5. The van der Waals surface area contributed by atoms with E-state index in [4.69, 9.17) is 11.6 Å². The normalized spacial score (nSPS) is 18.7. The maximum absolute atomic E-state index is 12.9. The van der Waals surface area contributed by atoms with Crippen LogP contribution in [0, 0.1) is 5.92 Å². The Labute approximate surface area is 217 Å². The zero-order valence-corrected chi connectivity index (χ0v) is 21.2. The molecule has 1 aliphatic carbocycles. The molecule has 0 atom stereocenters. The average molecular weight is 537 g/mol. The summed E-state index contributed by atoms with van der Waals surface area (Å²) < 4.78 is 40.3. The molecule has 37 heavy (non-hydrogen) atoms. The van der Waals surface area contributed by atoms with E-state index < -0.39 is 23.3 Å². The van der Waals surface area contributed by atoms with Gasteiger partial charge in [-0.2, -0.15) is 18.3 Å². The van der Waals surface area contributed by atoms with Crippen molar-refractivity contribution in [2.45, 2.75) is 70.3 Å². The Morgan fingerprint density at radius 3 is 2.51 bits per heavy atom. The number of halogens is 4. The Bertz CT molecular complexity index is 1310. The van der Waals surface area contributed by atoms with Crippen LogP contribution in [0.1, 0.15) is 61.3 Å². The first kappa shape index (κ1) is 27.1. The van der Waals surface area contributed by atoms with Crippen molar-refractivity contribution in [1.29, 1.82) is 0 Å². The SMILES string of the molecule is CC(C)(O)C1CCC(NC(=O)Cn2cc3cc(CC(=O)c4cccc(C(F)(F)F)n4)c(Cl)cc3n2)CC1. The maximum atomic E-state index is 12.9. The predicted octanol–water partition coefficient (Wildman–Crippen LogP) is 4.97. The van der Waals surface area contributed by atoms with Crippen molar-refractivity contribution in [1.82, 2.24) is 20.1 Å². The van der Waals surface area contributed by atoms with Crippen molar-refractivity contribution in [3.63, 3.8) is 0 Å². The van der Waals surface area contributed by atoms with E-state index in [0.717, 1.165) is 37.8 Å². The number of aliphatic hydroxyl groups is 1. The van der Waals surface area contributed by atoms with Crippen LogP contribution in [0.15, 0.2) is 36.5 Å². The van der Waals surface area contributed by atoms with Crippen LogP contribution >= 0.6 is 11.6 Å². The number of hydrogen-bond acceptors (Lipinski definition) is 5. The number of fused-ring (bicyclic) bond motifs is 1. The summed E-state index contributed by atoms with van der Waals surface area (Å²) in [5, 5.41) is 18.5. The minimum absolute atomic E-state index is 0.000138. The van der Waals surface area contributed by atoms with Gasteiger partial charge in [0, 0.05) is 29.1 Å². The highest BCUT2D eigenvalue weighted by Crippen LogP contribution is 2.32. The van der Waals surface area contributed by atoms with Crippen LogP contribution in [0.3, 0.4) is 0 Å². The number of Topliss-reactive ketones (excluding diaryl/α,β-unsaturated/α-hetero) is 1. The van der Waals surface area contributed by atoms with Gasteiger partial charge in [0.1, 0.15) is 17.9 Å². The lowest BCUT2D eigenvalue weighted by Gasteiger charge is -2.36. The molecule has 7 nitrogen and oxygen atoms in total. The third kappa shape index (κ3) is 6.67. The number of hydrogen-bond donors (Lipinski definition) is 2. The van der Waals surface area contributed by atoms with Gasteiger partial charge in [-0.1, -0.05) is 17.7 Å².